The summed E-state index contributed by atoms with van der Waals surface area (Å²) in [7, 11) is 2.03. The Morgan fingerprint density at radius 1 is 1.39 bits per heavy atom. The van der Waals surface area contributed by atoms with E-state index >= 15 is 0 Å². The van der Waals surface area contributed by atoms with Crippen molar-refractivity contribution in [3.8, 4) is 0 Å². The van der Waals surface area contributed by atoms with Crippen LogP contribution < -0.4 is 5.32 Å². The fourth-order valence-corrected chi connectivity index (χ4v) is 2.85. The molecule has 1 atom stereocenters. The minimum atomic E-state index is 0.149. The first-order chi connectivity index (χ1) is 8.47. The maximum Gasteiger partial charge on any atom is 0.0709 e. The summed E-state index contributed by atoms with van der Waals surface area (Å²) in [6.45, 7) is 7.94. The third-order valence-corrected chi connectivity index (χ3v) is 3.79. The Bertz CT molecular complexity index is 381. The maximum absolute atomic E-state index is 4.64. The lowest BCUT2D eigenvalue weighted by Crippen LogP contribution is -2.34. The molecular formula is C15H27N3. The quantitative estimate of drug-likeness (QED) is 0.892. The Balaban J connectivity index is 2.00. The molecule has 3 heteroatoms. The molecule has 1 aliphatic rings. The summed E-state index contributed by atoms with van der Waals surface area (Å²) in [6.07, 6.45) is 8.66. The van der Waals surface area contributed by atoms with Gasteiger partial charge in [0.2, 0.25) is 0 Å². The van der Waals surface area contributed by atoms with Crippen molar-refractivity contribution >= 4 is 0 Å². The van der Waals surface area contributed by atoms with Crippen molar-refractivity contribution in [2.75, 3.05) is 6.54 Å². The fraction of sp³-hybridized carbons (Fsp3) is 0.800. The van der Waals surface area contributed by atoms with Crippen LogP contribution >= 0.6 is 0 Å². The third-order valence-electron chi connectivity index (χ3n) is 3.79. The second-order valence-corrected chi connectivity index (χ2v) is 6.61. The molecule has 2 heterocycles. The van der Waals surface area contributed by atoms with E-state index in [1.54, 1.807) is 0 Å². The van der Waals surface area contributed by atoms with Gasteiger partial charge in [0.1, 0.15) is 0 Å². The minimum absolute atomic E-state index is 0.149. The molecular weight excluding hydrogens is 222 g/mol. The van der Waals surface area contributed by atoms with Gasteiger partial charge in [0.15, 0.2) is 0 Å². The van der Waals surface area contributed by atoms with E-state index in [4.69, 9.17) is 0 Å². The summed E-state index contributed by atoms with van der Waals surface area (Å²) in [5, 5.41) is 8.27. The SMILES string of the molecule is Cn1cc(CCC2CCCCN2)c(C(C)(C)C)n1. The van der Waals surface area contributed by atoms with E-state index in [9.17, 15) is 0 Å². The molecule has 1 aliphatic heterocycles. The van der Waals surface area contributed by atoms with Crippen LogP contribution in [0.3, 0.4) is 0 Å². The number of hydrogen-bond acceptors (Lipinski definition) is 2. The zero-order valence-electron chi connectivity index (χ0n) is 12.3. The molecule has 0 aromatic carbocycles. The van der Waals surface area contributed by atoms with Gasteiger partial charge < -0.3 is 5.32 Å². The van der Waals surface area contributed by atoms with Gasteiger partial charge in [-0.25, -0.2) is 0 Å². The molecule has 0 amide bonds. The molecule has 1 unspecified atom stereocenters. The molecule has 1 fully saturated rings. The molecule has 0 aliphatic carbocycles. The minimum Gasteiger partial charge on any atom is -0.314 e. The average Bonchev–Trinajstić information content (AvgIpc) is 2.69. The van der Waals surface area contributed by atoms with Crippen LogP contribution in [0.4, 0.5) is 0 Å². The van der Waals surface area contributed by atoms with Gasteiger partial charge in [-0.2, -0.15) is 5.10 Å². The van der Waals surface area contributed by atoms with E-state index in [-0.39, 0.29) is 5.41 Å². The summed E-state index contributed by atoms with van der Waals surface area (Å²) >= 11 is 0. The summed E-state index contributed by atoms with van der Waals surface area (Å²) < 4.78 is 1.96. The summed E-state index contributed by atoms with van der Waals surface area (Å²) in [5.74, 6) is 0. The Kier molecular flexibility index (Phi) is 4.10. The van der Waals surface area contributed by atoms with Crippen molar-refractivity contribution in [3.05, 3.63) is 17.5 Å². The second-order valence-electron chi connectivity index (χ2n) is 6.61. The summed E-state index contributed by atoms with van der Waals surface area (Å²) in [5.41, 5.74) is 2.84. The van der Waals surface area contributed by atoms with Gasteiger partial charge in [-0.3, -0.25) is 4.68 Å². The van der Waals surface area contributed by atoms with Crippen LogP contribution in [0.1, 0.15) is 57.7 Å². The number of nitrogens with zero attached hydrogens (tertiary/aromatic N) is 2. The summed E-state index contributed by atoms with van der Waals surface area (Å²) in [6, 6.07) is 0.715. The Morgan fingerprint density at radius 3 is 2.78 bits per heavy atom. The average molecular weight is 249 g/mol. The number of rotatable bonds is 3. The van der Waals surface area contributed by atoms with Crippen LogP contribution in [0, 0.1) is 0 Å². The van der Waals surface area contributed by atoms with Gasteiger partial charge in [-0.15, -0.1) is 0 Å². The highest BCUT2D eigenvalue weighted by Gasteiger charge is 2.22. The first-order valence-electron chi connectivity index (χ1n) is 7.23. The summed E-state index contributed by atoms with van der Waals surface area (Å²) in [4.78, 5) is 0. The van der Waals surface area contributed by atoms with Crippen molar-refractivity contribution in [3.63, 3.8) is 0 Å². The monoisotopic (exact) mass is 249 g/mol. The number of aromatic nitrogens is 2. The second kappa shape index (κ2) is 5.43. The topological polar surface area (TPSA) is 29.9 Å². The number of piperidine rings is 1. The van der Waals surface area contributed by atoms with Crippen molar-refractivity contribution < 1.29 is 0 Å². The van der Waals surface area contributed by atoms with Crippen LogP contribution in [-0.4, -0.2) is 22.4 Å². The molecule has 3 nitrogen and oxygen atoms in total. The van der Waals surface area contributed by atoms with E-state index in [0.717, 1.165) is 6.42 Å². The van der Waals surface area contributed by atoms with E-state index in [1.807, 2.05) is 11.7 Å². The van der Waals surface area contributed by atoms with Gasteiger partial charge in [-0.1, -0.05) is 27.2 Å². The molecule has 0 bridgehead atoms. The number of nitrogens with one attached hydrogen (secondary N) is 1. The zero-order chi connectivity index (χ0) is 13.2. The molecule has 1 N–H and O–H groups in total. The lowest BCUT2D eigenvalue weighted by molar-refractivity contribution is 0.382. The molecule has 1 aromatic rings. The molecule has 102 valence electrons. The molecule has 0 saturated carbocycles. The predicted octanol–water partition coefficient (Wildman–Crippen LogP) is 2.79. The Morgan fingerprint density at radius 2 is 2.17 bits per heavy atom. The predicted molar refractivity (Wildman–Crippen MR) is 75.9 cm³/mol. The Hall–Kier alpha value is -0.830. The van der Waals surface area contributed by atoms with E-state index < -0.39 is 0 Å². The van der Waals surface area contributed by atoms with Gasteiger partial charge >= 0.3 is 0 Å². The number of aryl methyl sites for hydroxylation is 2. The van der Waals surface area contributed by atoms with Gasteiger partial charge in [0.25, 0.3) is 0 Å². The van der Waals surface area contributed by atoms with Crippen LogP contribution in [-0.2, 0) is 18.9 Å². The highest BCUT2D eigenvalue weighted by Crippen LogP contribution is 2.25. The van der Waals surface area contributed by atoms with Crippen molar-refractivity contribution in [1.82, 2.24) is 15.1 Å². The number of hydrogen-bond donors (Lipinski definition) is 1. The van der Waals surface area contributed by atoms with E-state index in [2.05, 4.69) is 37.4 Å². The largest absolute Gasteiger partial charge is 0.314 e. The normalized spacial score (nSPS) is 21.2. The van der Waals surface area contributed by atoms with Gasteiger partial charge in [0.05, 0.1) is 5.69 Å². The lowest BCUT2D eigenvalue weighted by atomic mass is 9.87. The maximum atomic E-state index is 4.64. The molecule has 2 rings (SSSR count). The molecule has 0 spiro atoms. The van der Waals surface area contributed by atoms with Crippen LogP contribution in [0.15, 0.2) is 6.20 Å². The van der Waals surface area contributed by atoms with E-state index in [1.165, 1.54) is 43.5 Å². The molecule has 18 heavy (non-hydrogen) atoms. The first-order valence-corrected chi connectivity index (χ1v) is 7.23. The smallest absolute Gasteiger partial charge is 0.0709 e. The van der Waals surface area contributed by atoms with Crippen molar-refractivity contribution in [1.29, 1.82) is 0 Å². The van der Waals surface area contributed by atoms with Crippen LogP contribution in [0.2, 0.25) is 0 Å². The van der Waals surface area contributed by atoms with Crippen LogP contribution in [0.25, 0.3) is 0 Å². The van der Waals surface area contributed by atoms with Crippen LogP contribution in [0.5, 0.6) is 0 Å². The lowest BCUT2D eigenvalue weighted by Gasteiger charge is -2.24. The van der Waals surface area contributed by atoms with Crippen molar-refractivity contribution in [2.45, 2.75) is 64.3 Å². The van der Waals surface area contributed by atoms with E-state index in [0.29, 0.717) is 6.04 Å². The first kappa shape index (κ1) is 13.6. The fourth-order valence-electron chi connectivity index (χ4n) is 2.85. The molecule has 0 radical (unpaired) electrons. The van der Waals surface area contributed by atoms with Gasteiger partial charge in [-0.05, 0) is 37.8 Å². The zero-order valence-corrected chi connectivity index (χ0v) is 12.3. The molecule has 1 aromatic heterocycles. The highest BCUT2D eigenvalue weighted by atomic mass is 15.3. The van der Waals surface area contributed by atoms with Crippen molar-refractivity contribution in [2.24, 2.45) is 7.05 Å². The highest BCUT2D eigenvalue weighted by molar-refractivity contribution is 5.24. The van der Waals surface area contributed by atoms with Gasteiger partial charge in [0, 0.05) is 24.7 Å². The standard InChI is InChI=1S/C15H27N3/c1-15(2,3)14-12(11-18(4)17-14)8-9-13-7-5-6-10-16-13/h11,13,16H,5-10H2,1-4H3. The third kappa shape index (κ3) is 3.35. The molecule has 1 saturated heterocycles. The Labute approximate surface area is 111 Å².